The van der Waals surface area contributed by atoms with Crippen LogP contribution in [0.3, 0.4) is 0 Å². The number of aromatic nitrogens is 3. The quantitative estimate of drug-likeness (QED) is 0.253. The summed E-state index contributed by atoms with van der Waals surface area (Å²) in [7, 11) is 0. The summed E-state index contributed by atoms with van der Waals surface area (Å²) in [5.74, 6) is 0.412. The zero-order valence-electron chi connectivity index (χ0n) is 26.2. The average Bonchev–Trinajstić information content (AvgIpc) is 3.63. The number of aryl methyl sites for hydroxylation is 3. The van der Waals surface area contributed by atoms with Gasteiger partial charge in [-0.15, -0.1) is 0 Å². The van der Waals surface area contributed by atoms with Gasteiger partial charge in [-0.1, -0.05) is 25.1 Å². The van der Waals surface area contributed by atoms with E-state index in [0.717, 1.165) is 60.3 Å². The molecule has 228 valence electrons. The zero-order valence-corrected chi connectivity index (χ0v) is 26.2. The molecule has 44 heavy (non-hydrogen) atoms. The van der Waals surface area contributed by atoms with Crippen LogP contribution in [0, 0.1) is 19.3 Å². The largest absolute Gasteiger partial charge is 0.343 e. The number of fused-ring (bicyclic) bond motifs is 1. The summed E-state index contributed by atoms with van der Waals surface area (Å²) in [6, 6.07) is 15.3. The Hall–Kier alpha value is -4.46. The molecule has 2 amide bonds. The standard InChI is InChI=1S/C36H41N5O3/c1-22(2)41-21-27(19-23(3)34(41)43)26-10-9-25-7-6-8-30(31(25)20-26)32(39-35(44)36(5)15-16-36)33(42)38-28-11-13-29(14-12-28)40-18-17-37-24(40)4/h9-14,17-22,30,32H,6-8,15-16H2,1-5H3,(H,38,42)(H,39,44)/t30-,32+/m1/s1. The molecule has 2 N–H and O–H groups in total. The van der Waals surface area contributed by atoms with Crippen LogP contribution in [-0.2, 0) is 16.0 Å². The highest BCUT2D eigenvalue weighted by Crippen LogP contribution is 2.46. The Morgan fingerprint density at radius 2 is 1.77 bits per heavy atom. The SMILES string of the molecule is Cc1cc(-c2ccc3c(c2)[C@H]([C@H](NC(=O)C2(C)CC2)C(=O)Nc2ccc(-n4ccnc4C)cc2)CCC3)cn(C(C)C)c1=O. The van der Waals surface area contributed by atoms with Crippen LogP contribution in [-0.4, -0.2) is 32.0 Å². The number of nitrogens with zero attached hydrogens (tertiary/aromatic N) is 3. The number of carbonyl (C=O) groups excluding carboxylic acids is 2. The molecule has 4 aromatic rings. The van der Waals surface area contributed by atoms with Gasteiger partial charge in [0.25, 0.3) is 5.56 Å². The molecule has 2 atom stereocenters. The summed E-state index contributed by atoms with van der Waals surface area (Å²) in [4.78, 5) is 44.5. The molecule has 6 rings (SSSR count). The minimum absolute atomic E-state index is 0.0146. The molecule has 2 aliphatic carbocycles. The van der Waals surface area contributed by atoms with Gasteiger partial charge in [0.2, 0.25) is 11.8 Å². The fourth-order valence-corrected chi connectivity index (χ4v) is 6.30. The molecule has 8 heteroatoms. The normalized spacial score (nSPS) is 17.5. The van der Waals surface area contributed by atoms with Crippen molar-refractivity contribution in [1.82, 2.24) is 19.4 Å². The van der Waals surface area contributed by atoms with Crippen LogP contribution in [0.25, 0.3) is 16.8 Å². The van der Waals surface area contributed by atoms with E-state index in [2.05, 4.69) is 33.8 Å². The van der Waals surface area contributed by atoms with E-state index in [1.807, 2.05) is 81.9 Å². The first-order valence-corrected chi connectivity index (χ1v) is 15.6. The molecule has 0 radical (unpaired) electrons. The second-order valence-electron chi connectivity index (χ2n) is 13.0. The minimum Gasteiger partial charge on any atom is -0.343 e. The Labute approximate surface area is 258 Å². The number of imidazole rings is 1. The molecular weight excluding hydrogens is 550 g/mol. The molecule has 2 heterocycles. The van der Waals surface area contributed by atoms with Gasteiger partial charge >= 0.3 is 0 Å². The van der Waals surface area contributed by atoms with Crippen molar-refractivity contribution in [3.05, 3.63) is 100.0 Å². The average molecular weight is 592 g/mol. The van der Waals surface area contributed by atoms with Crippen molar-refractivity contribution in [3.8, 4) is 16.8 Å². The summed E-state index contributed by atoms with van der Waals surface area (Å²) in [5.41, 5.74) is 6.17. The second kappa shape index (κ2) is 11.6. The Balaban J connectivity index is 1.33. The van der Waals surface area contributed by atoms with Crippen molar-refractivity contribution in [2.45, 2.75) is 84.7 Å². The molecular formula is C36H41N5O3. The smallest absolute Gasteiger partial charge is 0.253 e. The van der Waals surface area contributed by atoms with Gasteiger partial charge in [-0.05, 0) is 112 Å². The number of anilines is 1. The topological polar surface area (TPSA) is 98.0 Å². The lowest BCUT2D eigenvalue weighted by atomic mass is 9.77. The van der Waals surface area contributed by atoms with Gasteiger partial charge < -0.3 is 19.8 Å². The fourth-order valence-electron chi connectivity index (χ4n) is 6.30. The van der Waals surface area contributed by atoms with Gasteiger partial charge in [0.05, 0.1) is 0 Å². The van der Waals surface area contributed by atoms with E-state index in [1.165, 1.54) is 5.56 Å². The van der Waals surface area contributed by atoms with Crippen LogP contribution in [0.4, 0.5) is 5.69 Å². The Morgan fingerprint density at radius 3 is 2.43 bits per heavy atom. The molecule has 2 aliphatic rings. The van der Waals surface area contributed by atoms with Crippen molar-refractivity contribution < 1.29 is 9.59 Å². The summed E-state index contributed by atoms with van der Waals surface area (Å²) >= 11 is 0. The maximum atomic E-state index is 14.0. The molecule has 2 aromatic heterocycles. The number of benzene rings is 2. The number of hydrogen-bond donors (Lipinski definition) is 2. The number of amides is 2. The first-order chi connectivity index (χ1) is 21.0. The molecule has 0 aliphatic heterocycles. The summed E-state index contributed by atoms with van der Waals surface area (Å²) in [5, 5.41) is 6.28. The van der Waals surface area contributed by atoms with E-state index in [4.69, 9.17) is 0 Å². The van der Waals surface area contributed by atoms with Crippen molar-refractivity contribution in [1.29, 1.82) is 0 Å². The number of hydrogen-bond acceptors (Lipinski definition) is 4. The lowest BCUT2D eigenvalue weighted by Gasteiger charge is -2.33. The van der Waals surface area contributed by atoms with E-state index >= 15 is 0 Å². The highest BCUT2D eigenvalue weighted by molar-refractivity contribution is 5.99. The van der Waals surface area contributed by atoms with Crippen molar-refractivity contribution in [2.24, 2.45) is 5.41 Å². The van der Waals surface area contributed by atoms with Crippen molar-refractivity contribution >= 4 is 17.5 Å². The van der Waals surface area contributed by atoms with E-state index in [1.54, 1.807) is 10.8 Å². The number of carbonyl (C=O) groups is 2. The van der Waals surface area contributed by atoms with Gasteiger partial charge in [0.1, 0.15) is 11.9 Å². The molecule has 0 saturated heterocycles. The predicted octanol–water partition coefficient (Wildman–Crippen LogP) is 6.24. The van der Waals surface area contributed by atoms with Crippen LogP contribution in [0.5, 0.6) is 0 Å². The molecule has 0 bridgehead atoms. The van der Waals surface area contributed by atoms with Crippen molar-refractivity contribution in [3.63, 3.8) is 0 Å². The monoisotopic (exact) mass is 591 g/mol. The van der Waals surface area contributed by atoms with E-state index in [0.29, 0.717) is 11.3 Å². The van der Waals surface area contributed by atoms with Gasteiger partial charge in [0.15, 0.2) is 0 Å². The van der Waals surface area contributed by atoms with Gasteiger partial charge in [-0.2, -0.15) is 0 Å². The minimum atomic E-state index is -0.726. The Kier molecular flexibility index (Phi) is 7.78. The predicted molar refractivity (Wildman–Crippen MR) is 173 cm³/mol. The maximum absolute atomic E-state index is 14.0. The number of nitrogens with one attached hydrogen (secondary N) is 2. The summed E-state index contributed by atoms with van der Waals surface area (Å²) in [6.07, 6.45) is 9.89. The third kappa shape index (κ3) is 5.73. The Morgan fingerprint density at radius 1 is 1.02 bits per heavy atom. The highest BCUT2D eigenvalue weighted by Gasteiger charge is 2.47. The molecule has 2 aromatic carbocycles. The van der Waals surface area contributed by atoms with Crippen LogP contribution < -0.4 is 16.2 Å². The van der Waals surface area contributed by atoms with Crippen LogP contribution in [0.1, 0.15) is 80.9 Å². The first-order valence-electron chi connectivity index (χ1n) is 15.6. The maximum Gasteiger partial charge on any atom is 0.253 e. The van der Waals surface area contributed by atoms with Crippen LogP contribution >= 0.6 is 0 Å². The lowest BCUT2D eigenvalue weighted by molar-refractivity contribution is -0.130. The van der Waals surface area contributed by atoms with Crippen molar-refractivity contribution in [2.75, 3.05) is 5.32 Å². The lowest BCUT2D eigenvalue weighted by Crippen LogP contribution is -2.50. The van der Waals surface area contributed by atoms with E-state index in [9.17, 15) is 14.4 Å². The highest BCUT2D eigenvalue weighted by atomic mass is 16.2. The summed E-state index contributed by atoms with van der Waals surface area (Å²) < 4.78 is 3.75. The molecule has 1 saturated carbocycles. The van der Waals surface area contributed by atoms with Gasteiger partial charge in [-0.3, -0.25) is 14.4 Å². The summed E-state index contributed by atoms with van der Waals surface area (Å²) in [6.45, 7) is 9.77. The van der Waals surface area contributed by atoms with Gasteiger partial charge in [0, 0.05) is 52.9 Å². The van der Waals surface area contributed by atoms with Gasteiger partial charge in [-0.25, -0.2) is 4.98 Å². The van der Waals surface area contributed by atoms with E-state index < -0.39 is 11.5 Å². The van der Waals surface area contributed by atoms with Crippen LogP contribution in [0.2, 0.25) is 0 Å². The van der Waals surface area contributed by atoms with Crippen LogP contribution in [0.15, 0.2) is 71.9 Å². The first kappa shape index (κ1) is 29.6. The zero-order chi connectivity index (χ0) is 31.2. The molecule has 0 spiro atoms. The third-order valence-corrected chi connectivity index (χ3v) is 9.38. The van der Waals surface area contributed by atoms with E-state index in [-0.39, 0.29) is 29.3 Å². The molecule has 8 nitrogen and oxygen atoms in total. The molecule has 0 unspecified atom stereocenters. The second-order valence-corrected chi connectivity index (χ2v) is 13.0. The number of rotatable bonds is 8. The Bertz CT molecular complexity index is 1780. The fraction of sp³-hybridized carbons (Fsp3) is 0.389. The molecule has 1 fully saturated rings. The number of pyridine rings is 1. The third-order valence-electron chi connectivity index (χ3n) is 9.38.